The molecule has 1 rings (SSSR count). The zero-order valence-corrected chi connectivity index (χ0v) is 12.7. The molecule has 6 heteroatoms. The standard InChI is InChI=1S/C13H18O6.C2H6/c1-2-11(14)18-7-8-19-13(17)10-5-3-9(4-6-10)12(15)16;1-2/h2,9-10H,1,3-8H2,(H,15,16);1-2H3. The second-order valence-corrected chi connectivity index (χ2v) is 4.43. The van der Waals surface area contributed by atoms with Crippen LogP contribution in [0.1, 0.15) is 39.5 Å². The molecule has 0 unspecified atom stereocenters. The van der Waals surface area contributed by atoms with Crippen molar-refractivity contribution in [3.05, 3.63) is 12.7 Å². The summed E-state index contributed by atoms with van der Waals surface area (Å²) in [5.41, 5.74) is 0. The fourth-order valence-corrected chi connectivity index (χ4v) is 2.04. The Kier molecular flexibility index (Phi) is 9.92. The minimum absolute atomic E-state index is 0.00106. The Bertz CT molecular complexity index is 355. The number of hydrogen-bond acceptors (Lipinski definition) is 5. The van der Waals surface area contributed by atoms with E-state index in [-0.39, 0.29) is 31.0 Å². The Balaban J connectivity index is 0.00000191. The van der Waals surface area contributed by atoms with E-state index in [9.17, 15) is 14.4 Å². The first-order valence-electron chi connectivity index (χ1n) is 7.23. The minimum Gasteiger partial charge on any atom is -0.481 e. The number of aliphatic carboxylic acids is 1. The lowest BCUT2D eigenvalue weighted by Gasteiger charge is -2.24. The molecular weight excluding hydrogens is 276 g/mol. The van der Waals surface area contributed by atoms with Gasteiger partial charge in [-0.25, -0.2) is 4.79 Å². The fourth-order valence-electron chi connectivity index (χ4n) is 2.04. The van der Waals surface area contributed by atoms with Crippen molar-refractivity contribution in [1.29, 1.82) is 0 Å². The third-order valence-corrected chi connectivity index (χ3v) is 3.15. The predicted octanol–water partition coefficient (Wildman–Crippen LogP) is 2.18. The summed E-state index contributed by atoms with van der Waals surface area (Å²) in [7, 11) is 0. The Labute approximate surface area is 125 Å². The van der Waals surface area contributed by atoms with Gasteiger partial charge in [0.15, 0.2) is 0 Å². The van der Waals surface area contributed by atoms with Gasteiger partial charge in [-0.05, 0) is 25.7 Å². The van der Waals surface area contributed by atoms with Gasteiger partial charge in [0.1, 0.15) is 13.2 Å². The third-order valence-electron chi connectivity index (χ3n) is 3.15. The van der Waals surface area contributed by atoms with Crippen molar-refractivity contribution < 1.29 is 29.0 Å². The van der Waals surface area contributed by atoms with E-state index in [1.807, 2.05) is 13.8 Å². The van der Waals surface area contributed by atoms with Crippen LogP contribution in [0.4, 0.5) is 0 Å². The number of rotatable bonds is 6. The van der Waals surface area contributed by atoms with Crippen molar-refractivity contribution in [1.82, 2.24) is 0 Å². The van der Waals surface area contributed by atoms with Crippen LogP contribution in [0.3, 0.4) is 0 Å². The van der Waals surface area contributed by atoms with Crippen molar-refractivity contribution in [2.45, 2.75) is 39.5 Å². The highest BCUT2D eigenvalue weighted by atomic mass is 16.6. The number of ether oxygens (including phenoxy) is 2. The number of esters is 2. The van der Waals surface area contributed by atoms with Gasteiger partial charge in [-0.1, -0.05) is 20.4 Å². The van der Waals surface area contributed by atoms with Crippen LogP contribution in [-0.4, -0.2) is 36.2 Å². The lowest BCUT2D eigenvalue weighted by molar-refractivity contribution is -0.155. The molecule has 1 fully saturated rings. The van der Waals surface area contributed by atoms with Crippen LogP contribution < -0.4 is 0 Å². The van der Waals surface area contributed by atoms with Crippen molar-refractivity contribution in [3.63, 3.8) is 0 Å². The van der Waals surface area contributed by atoms with Crippen LogP contribution in [0, 0.1) is 11.8 Å². The molecule has 21 heavy (non-hydrogen) atoms. The molecular formula is C15H24O6. The maximum atomic E-state index is 11.7. The molecule has 0 aromatic rings. The smallest absolute Gasteiger partial charge is 0.330 e. The number of carboxylic acid groups (broad SMARTS) is 1. The number of carbonyl (C=O) groups is 3. The summed E-state index contributed by atoms with van der Waals surface area (Å²) in [6.07, 6.45) is 3.10. The maximum Gasteiger partial charge on any atom is 0.330 e. The molecule has 0 aliphatic heterocycles. The van der Waals surface area contributed by atoms with Gasteiger partial charge >= 0.3 is 17.9 Å². The highest BCUT2D eigenvalue weighted by Crippen LogP contribution is 2.29. The van der Waals surface area contributed by atoms with Gasteiger partial charge in [-0.15, -0.1) is 0 Å². The number of carboxylic acids is 1. The van der Waals surface area contributed by atoms with Crippen LogP contribution >= 0.6 is 0 Å². The van der Waals surface area contributed by atoms with E-state index in [0.717, 1.165) is 6.08 Å². The zero-order valence-electron chi connectivity index (χ0n) is 12.7. The van der Waals surface area contributed by atoms with Crippen molar-refractivity contribution in [2.24, 2.45) is 11.8 Å². The van der Waals surface area contributed by atoms with E-state index in [2.05, 4.69) is 11.3 Å². The van der Waals surface area contributed by atoms with Crippen molar-refractivity contribution in [2.75, 3.05) is 13.2 Å². The number of carbonyl (C=O) groups excluding carboxylic acids is 2. The quantitative estimate of drug-likeness (QED) is 0.459. The first-order chi connectivity index (χ1) is 10.0. The molecule has 6 nitrogen and oxygen atoms in total. The first-order valence-corrected chi connectivity index (χ1v) is 7.23. The molecule has 1 aliphatic carbocycles. The zero-order chi connectivity index (χ0) is 16.3. The normalized spacial score (nSPS) is 20.5. The molecule has 1 saturated carbocycles. The molecule has 0 heterocycles. The van der Waals surface area contributed by atoms with E-state index in [1.54, 1.807) is 0 Å². The average Bonchev–Trinajstić information content (AvgIpc) is 2.53. The molecule has 0 bridgehead atoms. The van der Waals surface area contributed by atoms with Gasteiger partial charge < -0.3 is 14.6 Å². The summed E-state index contributed by atoms with van der Waals surface area (Å²) >= 11 is 0. The topological polar surface area (TPSA) is 89.9 Å². The van der Waals surface area contributed by atoms with Gasteiger partial charge in [0.25, 0.3) is 0 Å². The molecule has 0 atom stereocenters. The van der Waals surface area contributed by atoms with Crippen LogP contribution in [0.15, 0.2) is 12.7 Å². The largest absolute Gasteiger partial charge is 0.481 e. The van der Waals surface area contributed by atoms with Crippen molar-refractivity contribution in [3.8, 4) is 0 Å². The lowest BCUT2D eigenvalue weighted by Crippen LogP contribution is -2.27. The summed E-state index contributed by atoms with van der Waals surface area (Å²) in [6.45, 7) is 7.25. The highest BCUT2D eigenvalue weighted by molar-refractivity contribution is 5.81. The number of hydrogen-bond donors (Lipinski definition) is 1. The minimum atomic E-state index is -0.803. The summed E-state index contributed by atoms with van der Waals surface area (Å²) in [6, 6.07) is 0. The molecule has 0 saturated heterocycles. The van der Waals surface area contributed by atoms with Gasteiger partial charge in [0.2, 0.25) is 0 Å². The molecule has 0 aromatic heterocycles. The second kappa shape index (κ2) is 10.9. The molecule has 0 spiro atoms. The SMILES string of the molecule is C=CC(=O)OCCOC(=O)C1CCC(C(=O)O)CC1.CC. The van der Waals surface area contributed by atoms with Gasteiger partial charge in [0.05, 0.1) is 11.8 Å². The summed E-state index contributed by atoms with van der Waals surface area (Å²) in [5, 5.41) is 8.84. The van der Waals surface area contributed by atoms with Gasteiger partial charge in [-0.3, -0.25) is 9.59 Å². The van der Waals surface area contributed by atoms with Crippen LogP contribution in [0.25, 0.3) is 0 Å². The average molecular weight is 300 g/mol. The van der Waals surface area contributed by atoms with Gasteiger partial charge in [0, 0.05) is 6.08 Å². The molecule has 0 amide bonds. The van der Waals surface area contributed by atoms with Crippen LogP contribution in [-0.2, 0) is 23.9 Å². The third kappa shape index (κ3) is 7.48. The van der Waals surface area contributed by atoms with E-state index < -0.39 is 11.9 Å². The highest BCUT2D eigenvalue weighted by Gasteiger charge is 2.30. The summed E-state index contributed by atoms with van der Waals surface area (Å²) < 4.78 is 9.64. The molecule has 0 aromatic carbocycles. The van der Waals surface area contributed by atoms with E-state index in [0.29, 0.717) is 25.7 Å². The van der Waals surface area contributed by atoms with E-state index in [1.165, 1.54) is 0 Å². The lowest BCUT2D eigenvalue weighted by atomic mass is 9.82. The monoisotopic (exact) mass is 300 g/mol. The Morgan fingerprint density at radius 2 is 1.52 bits per heavy atom. The fraction of sp³-hybridized carbons (Fsp3) is 0.667. The van der Waals surface area contributed by atoms with Crippen LogP contribution in [0.5, 0.6) is 0 Å². The maximum absolute atomic E-state index is 11.7. The molecule has 120 valence electrons. The Hall–Kier alpha value is -1.85. The van der Waals surface area contributed by atoms with E-state index >= 15 is 0 Å². The second-order valence-electron chi connectivity index (χ2n) is 4.43. The molecule has 1 aliphatic rings. The van der Waals surface area contributed by atoms with Gasteiger partial charge in [-0.2, -0.15) is 0 Å². The van der Waals surface area contributed by atoms with E-state index in [4.69, 9.17) is 9.84 Å². The van der Waals surface area contributed by atoms with Crippen molar-refractivity contribution >= 4 is 17.9 Å². The molecule has 0 radical (unpaired) electrons. The molecule has 1 N–H and O–H groups in total. The summed E-state index contributed by atoms with van der Waals surface area (Å²) in [5.74, 6) is -2.30. The summed E-state index contributed by atoms with van der Waals surface area (Å²) in [4.78, 5) is 33.1. The Morgan fingerprint density at radius 1 is 1.05 bits per heavy atom. The first kappa shape index (κ1) is 19.1. The Morgan fingerprint density at radius 3 is 2.00 bits per heavy atom. The van der Waals surface area contributed by atoms with Crippen LogP contribution in [0.2, 0.25) is 0 Å². The predicted molar refractivity (Wildman–Crippen MR) is 76.5 cm³/mol.